The van der Waals surface area contributed by atoms with Crippen molar-refractivity contribution in [2.75, 3.05) is 14.2 Å². The van der Waals surface area contributed by atoms with Gasteiger partial charge in [0, 0.05) is 19.4 Å². The molecule has 0 radical (unpaired) electrons. The van der Waals surface area contributed by atoms with E-state index in [1.54, 1.807) is 7.11 Å². The fraction of sp³-hybridized carbons (Fsp3) is 0.882. The van der Waals surface area contributed by atoms with Gasteiger partial charge in [-0.1, -0.05) is 13.8 Å². The number of esters is 1. The predicted octanol–water partition coefficient (Wildman–Crippen LogP) is 2.50. The Kier molecular flexibility index (Phi) is 5.48. The lowest BCUT2D eigenvalue weighted by Gasteiger charge is -2.45. The lowest BCUT2D eigenvalue weighted by molar-refractivity contribution is -0.450. The molecule has 2 aliphatic rings. The van der Waals surface area contributed by atoms with Crippen LogP contribution < -0.4 is 0 Å². The summed E-state index contributed by atoms with van der Waals surface area (Å²) < 4.78 is 10.2. The van der Waals surface area contributed by atoms with Crippen molar-refractivity contribution in [1.29, 1.82) is 0 Å². The zero-order valence-corrected chi connectivity index (χ0v) is 14.7. The Labute approximate surface area is 137 Å². The minimum absolute atomic E-state index is 0.0226. The van der Waals surface area contributed by atoms with Gasteiger partial charge in [0.1, 0.15) is 0 Å². The molecule has 2 rings (SSSR count). The number of hydrogen-bond donors (Lipinski definition) is 0. The number of methoxy groups -OCH3 is 2. The van der Waals surface area contributed by atoms with Crippen LogP contribution in [0.4, 0.5) is 0 Å². The molecule has 0 aromatic rings. The number of rotatable bonds is 4. The van der Waals surface area contributed by atoms with Gasteiger partial charge < -0.3 is 9.47 Å². The molecule has 0 amide bonds. The van der Waals surface area contributed by atoms with Crippen LogP contribution >= 0.6 is 0 Å². The summed E-state index contributed by atoms with van der Waals surface area (Å²) in [6.07, 6.45) is 3.62. The standard InChI is InChI=1S/C17H28O6/c1-11-8-13(12(2)15(19)20-4)9-17(10-18)14(11)6-7-16(3,21-5)22-23-17/h10-14H,6-9H2,1-5H3/t11-,12-,13-,14+,16+,17-/m1/s1. The van der Waals surface area contributed by atoms with Crippen molar-refractivity contribution in [2.45, 2.75) is 57.8 Å². The summed E-state index contributed by atoms with van der Waals surface area (Å²) in [6, 6.07) is 0. The average molecular weight is 328 g/mol. The fourth-order valence-corrected chi connectivity index (χ4v) is 4.07. The van der Waals surface area contributed by atoms with Crippen LogP contribution in [0.5, 0.6) is 0 Å². The van der Waals surface area contributed by atoms with E-state index < -0.39 is 11.4 Å². The highest BCUT2D eigenvalue weighted by Gasteiger charge is 2.54. The van der Waals surface area contributed by atoms with E-state index in [0.29, 0.717) is 12.8 Å². The highest BCUT2D eigenvalue weighted by Crippen LogP contribution is 2.49. The summed E-state index contributed by atoms with van der Waals surface area (Å²) in [5.74, 6) is -1.06. The summed E-state index contributed by atoms with van der Waals surface area (Å²) >= 11 is 0. The van der Waals surface area contributed by atoms with Crippen LogP contribution in [0, 0.1) is 23.7 Å². The molecule has 23 heavy (non-hydrogen) atoms. The molecular weight excluding hydrogens is 300 g/mol. The topological polar surface area (TPSA) is 71.1 Å². The summed E-state index contributed by atoms with van der Waals surface area (Å²) in [7, 11) is 2.95. The van der Waals surface area contributed by atoms with Gasteiger partial charge in [0.2, 0.25) is 0 Å². The van der Waals surface area contributed by atoms with Gasteiger partial charge in [-0.2, -0.15) is 0 Å². The maximum Gasteiger partial charge on any atom is 0.308 e. The maximum atomic E-state index is 12.0. The molecule has 1 saturated heterocycles. The van der Waals surface area contributed by atoms with Crippen LogP contribution in [0.2, 0.25) is 0 Å². The van der Waals surface area contributed by atoms with Crippen LogP contribution in [0.25, 0.3) is 0 Å². The van der Waals surface area contributed by atoms with E-state index in [2.05, 4.69) is 6.92 Å². The minimum atomic E-state index is -1.03. The SMILES string of the molecule is COC(=O)[C@H](C)[C@@H]1C[C@@H](C)[C@@H]2CC[C@@](C)(OC)OO[C@@]2(C=O)C1. The Bertz CT molecular complexity index is 452. The Morgan fingerprint density at radius 1 is 1.35 bits per heavy atom. The summed E-state index contributed by atoms with van der Waals surface area (Å²) in [5.41, 5.74) is -1.03. The van der Waals surface area contributed by atoms with Gasteiger partial charge in [-0.15, -0.1) is 0 Å². The van der Waals surface area contributed by atoms with Crippen molar-refractivity contribution in [3.05, 3.63) is 0 Å². The molecule has 6 nitrogen and oxygen atoms in total. The predicted molar refractivity (Wildman–Crippen MR) is 82.2 cm³/mol. The number of carbonyl (C=O) groups excluding carboxylic acids is 2. The molecule has 132 valence electrons. The average Bonchev–Trinajstić information content (AvgIpc) is 2.72. The zero-order valence-electron chi connectivity index (χ0n) is 14.7. The molecule has 1 aliphatic carbocycles. The molecular formula is C17H28O6. The van der Waals surface area contributed by atoms with Gasteiger partial charge in [-0.25, -0.2) is 9.78 Å². The third kappa shape index (κ3) is 3.44. The molecule has 6 atom stereocenters. The number of aldehydes is 1. The highest BCUT2D eigenvalue weighted by atomic mass is 17.2. The van der Waals surface area contributed by atoms with Gasteiger partial charge in [-0.05, 0) is 38.0 Å². The summed E-state index contributed by atoms with van der Waals surface area (Å²) in [4.78, 5) is 35.0. The van der Waals surface area contributed by atoms with E-state index in [1.807, 2.05) is 13.8 Å². The molecule has 0 aromatic heterocycles. The smallest absolute Gasteiger partial charge is 0.308 e. The molecule has 1 aliphatic heterocycles. The van der Waals surface area contributed by atoms with E-state index in [0.717, 1.165) is 19.1 Å². The van der Waals surface area contributed by atoms with Crippen molar-refractivity contribution >= 4 is 12.3 Å². The Morgan fingerprint density at radius 3 is 2.61 bits per heavy atom. The number of hydrogen-bond acceptors (Lipinski definition) is 6. The largest absolute Gasteiger partial charge is 0.469 e. The molecule has 0 bridgehead atoms. The lowest BCUT2D eigenvalue weighted by atomic mass is 9.62. The van der Waals surface area contributed by atoms with E-state index in [9.17, 15) is 9.59 Å². The Hall–Kier alpha value is -0.980. The monoisotopic (exact) mass is 328 g/mol. The van der Waals surface area contributed by atoms with Crippen LogP contribution in [0.15, 0.2) is 0 Å². The quantitative estimate of drug-likeness (QED) is 0.448. The van der Waals surface area contributed by atoms with Crippen molar-refractivity contribution in [3.8, 4) is 0 Å². The van der Waals surface area contributed by atoms with Crippen LogP contribution in [0.3, 0.4) is 0 Å². The summed E-state index contributed by atoms with van der Waals surface area (Å²) in [5, 5.41) is 0. The third-order valence-corrected chi connectivity index (χ3v) is 5.76. The first-order valence-electron chi connectivity index (χ1n) is 8.27. The molecule has 0 unspecified atom stereocenters. The van der Waals surface area contributed by atoms with Crippen LogP contribution in [0.1, 0.15) is 46.5 Å². The molecule has 2 fully saturated rings. The van der Waals surface area contributed by atoms with Gasteiger partial charge in [0.25, 0.3) is 0 Å². The molecule has 0 aromatic carbocycles. The second kappa shape index (κ2) is 6.87. The van der Waals surface area contributed by atoms with Crippen molar-refractivity contribution in [1.82, 2.24) is 0 Å². The van der Waals surface area contributed by atoms with Crippen molar-refractivity contribution in [2.24, 2.45) is 23.7 Å². The van der Waals surface area contributed by atoms with Crippen LogP contribution in [-0.4, -0.2) is 37.9 Å². The van der Waals surface area contributed by atoms with E-state index in [-0.39, 0.29) is 29.6 Å². The van der Waals surface area contributed by atoms with Gasteiger partial charge in [0.05, 0.1) is 13.0 Å². The normalized spacial score (nSPS) is 42.2. The Morgan fingerprint density at radius 2 is 2.04 bits per heavy atom. The first-order chi connectivity index (χ1) is 10.8. The second-order valence-electron chi connectivity index (χ2n) is 7.21. The Balaban J connectivity index is 2.26. The molecule has 1 saturated carbocycles. The first-order valence-corrected chi connectivity index (χ1v) is 8.27. The maximum absolute atomic E-state index is 12.0. The molecule has 1 heterocycles. The minimum Gasteiger partial charge on any atom is -0.469 e. The van der Waals surface area contributed by atoms with Crippen LogP contribution in [-0.2, 0) is 28.8 Å². The summed E-state index contributed by atoms with van der Waals surface area (Å²) in [6.45, 7) is 5.76. The zero-order chi connectivity index (χ0) is 17.3. The van der Waals surface area contributed by atoms with E-state index in [1.165, 1.54) is 7.11 Å². The van der Waals surface area contributed by atoms with Gasteiger partial charge in [0.15, 0.2) is 17.7 Å². The highest BCUT2D eigenvalue weighted by molar-refractivity contribution is 5.72. The number of ether oxygens (including phenoxy) is 2. The first kappa shape index (κ1) is 18.4. The second-order valence-corrected chi connectivity index (χ2v) is 7.21. The lowest BCUT2D eigenvalue weighted by Crippen LogP contribution is -2.51. The molecule has 0 spiro atoms. The van der Waals surface area contributed by atoms with Gasteiger partial charge >= 0.3 is 5.97 Å². The fourth-order valence-electron chi connectivity index (χ4n) is 4.07. The van der Waals surface area contributed by atoms with Gasteiger partial charge in [-0.3, -0.25) is 9.59 Å². The van der Waals surface area contributed by atoms with Crippen molar-refractivity contribution < 1.29 is 28.8 Å². The van der Waals surface area contributed by atoms with Crippen molar-refractivity contribution in [3.63, 3.8) is 0 Å². The molecule has 6 heteroatoms. The third-order valence-electron chi connectivity index (χ3n) is 5.76. The number of carbonyl (C=O) groups is 2. The van der Waals surface area contributed by atoms with E-state index >= 15 is 0 Å². The molecule has 0 N–H and O–H groups in total. The number of fused-ring (bicyclic) bond motifs is 1. The van der Waals surface area contributed by atoms with E-state index in [4.69, 9.17) is 19.2 Å².